The van der Waals surface area contributed by atoms with Gasteiger partial charge in [0.05, 0.1) is 31.0 Å². The van der Waals surface area contributed by atoms with Crippen LogP contribution in [0.2, 0.25) is 0 Å². The first-order chi connectivity index (χ1) is 13.2. The number of carbonyl (C=O) groups excluding carboxylic acids is 1. The maximum atomic E-state index is 12.3. The number of methoxy groups -OCH3 is 2. The third-order valence-electron chi connectivity index (χ3n) is 3.86. The molecule has 0 aliphatic rings. The highest BCUT2D eigenvalue weighted by atomic mass is 32.1. The molecule has 3 rings (SSSR count). The number of carbonyl (C=O) groups is 1. The number of hydrogen-bond acceptors (Lipinski definition) is 4. The fourth-order valence-electron chi connectivity index (χ4n) is 2.59. The molecule has 0 fully saturated rings. The van der Waals surface area contributed by atoms with Crippen LogP contribution in [-0.4, -0.2) is 24.7 Å². The van der Waals surface area contributed by atoms with Crippen molar-refractivity contribution in [1.82, 2.24) is 4.57 Å². The van der Waals surface area contributed by atoms with Gasteiger partial charge in [-0.2, -0.15) is 4.99 Å². The highest BCUT2D eigenvalue weighted by Crippen LogP contribution is 2.33. The van der Waals surface area contributed by atoms with Crippen LogP contribution in [0.3, 0.4) is 0 Å². The van der Waals surface area contributed by atoms with Crippen molar-refractivity contribution in [2.75, 3.05) is 14.2 Å². The highest BCUT2D eigenvalue weighted by molar-refractivity contribution is 7.16. The molecular formula is C21H18N2O3S. The van der Waals surface area contributed by atoms with Crippen LogP contribution in [0.15, 0.2) is 53.5 Å². The normalized spacial score (nSPS) is 11.7. The lowest BCUT2D eigenvalue weighted by molar-refractivity contribution is -0.113. The van der Waals surface area contributed by atoms with Crippen molar-refractivity contribution in [1.29, 1.82) is 0 Å². The molecule has 0 N–H and O–H groups in total. The Hall–Kier alpha value is -3.30. The fraction of sp³-hybridized carbons (Fsp3) is 0.143. The summed E-state index contributed by atoms with van der Waals surface area (Å²) in [6.07, 6.45) is 8.69. The molecule has 0 aliphatic heterocycles. The summed E-state index contributed by atoms with van der Waals surface area (Å²) in [5.41, 5.74) is 1.78. The van der Waals surface area contributed by atoms with Crippen LogP contribution >= 0.6 is 11.3 Å². The van der Waals surface area contributed by atoms with Crippen LogP contribution in [0.5, 0.6) is 11.5 Å². The molecule has 0 saturated carbocycles. The minimum atomic E-state index is -0.352. The largest absolute Gasteiger partial charge is 0.493 e. The lowest BCUT2D eigenvalue weighted by atomic mass is 10.2. The minimum Gasteiger partial charge on any atom is -0.493 e. The van der Waals surface area contributed by atoms with E-state index in [0.29, 0.717) is 22.8 Å². The van der Waals surface area contributed by atoms with E-state index in [0.717, 1.165) is 15.8 Å². The predicted octanol–water partition coefficient (Wildman–Crippen LogP) is 3.49. The zero-order valence-electron chi connectivity index (χ0n) is 15.0. The van der Waals surface area contributed by atoms with Gasteiger partial charge in [0.15, 0.2) is 16.3 Å². The van der Waals surface area contributed by atoms with E-state index in [2.05, 4.69) is 10.9 Å². The Bertz CT molecular complexity index is 1100. The lowest BCUT2D eigenvalue weighted by Gasteiger charge is -2.08. The Labute approximate surface area is 161 Å². The molecule has 0 unspecified atom stereocenters. The molecule has 1 aromatic heterocycles. The van der Waals surface area contributed by atoms with E-state index in [1.54, 1.807) is 20.3 Å². The van der Waals surface area contributed by atoms with Gasteiger partial charge in [-0.1, -0.05) is 47.6 Å². The van der Waals surface area contributed by atoms with Gasteiger partial charge in [-0.05, 0) is 11.6 Å². The summed E-state index contributed by atoms with van der Waals surface area (Å²) in [6, 6.07) is 13.3. The first-order valence-electron chi connectivity index (χ1n) is 8.17. The second kappa shape index (κ2) is 8.39. The number of terminal acetylenes is 1. The zero-order chi connectivity index (χ0) is 19.2. The van der Waals surface area contributed by atoms with Gasteiger partial charge in [-0.15, -0.1) is 6.42 Å². The second-order valence-electron chi connectivity index (χ2n) is 5.54. The summed E-state index contributed by atoms with van der Waals surface area (Å²) in [7, 11) is 3.15. The summed E-state index contributed by atoms with van der Waals surface area (Å²) in [5, 5.41) is 0. The van der Waals surface area contributed by atoms with Gasteiger partial charge in [0.1, 0.15) is 0 Å². The average molecular weight is 378 g/mol. The topological polar surface area (TPSA) is 52.8 Å². The number of rotatable bonds is 5. The molecule has 0 saturated heterocycles. The Morgan fingerprint density at radius 2 is 1.93 bits per heavy atom. The Morgan fingerprint density at radius 3 is 2.59 bits per heavy atom. The van der Waals surface area contributed by atoms with Gasteiger partial charge in [-0.25, -0.2) is 0 Å². The summed E-state index contributed by atoms with van der Waals surface area (Å²) >= 11 is 1.37. The molecule has 0 radical (unpaired) electrons. The molecule has 5 nitrogen and oxygen atoms in total. The fourth-order valence-corrected chi connectivity index (χ4v) is 3.63. The van der Waals surface area contributed by atoms with Crippen molar-refractivity contribution in [3.63, 3.8) is 0 Å². The molecular weight excluding hydrogens is 360 g/mol. The third kappa shape index (κ3) is 4.10. The number of hydrogen-bond donors (Lipinski definition) is 0. The van der Waals surface area contributed by atoms with Crippen molar-refractivity contribution in [2.45, 2.75) is 6.54 Å². The van der Waals surface area contributed by atoms with Crippen LogP contribution in [-0.2, 0) is 11.3 Å². The number of aromatic nitrogens is 1. The molecule has 136 valence electrons. The molecule has 0 bridgehead atoms. The van der Waals surface area contributed by atoms with Crippen LogP contribution < -0.4 is 14.3 Å². The number of benzene rings is 2. The van der Waals surface area contributed by atoms with Gasteiger partial charge >= 0.3 is 0 Å². The Kier molecular flexibility index (Phi) is 5.74. The lowest BCUT2D eigenvalue weighted by Crippen LogP contribution is -2.15. The maximum Gasteiger partial charge on any atom is 0.272 e. The first kappa shape index (κ1) is 18.5. The number of ether oxygens (including phenoxy) is 2. The van der Waals surface area contributed by atoms with E-state index in [-0.39, 0.29) is 5.91 Å². The van der Waals surface area contributed by atoms with E-state index in [1.165, 1.54) is 17.4 Å². The van der Waals surface area contributed by atoms with Crippen molar-refractivity contribution >= 4 is 33.5 Å². The molecule has 1 amide bonds. The number of nitrogens with zero attached hydrogens (tertiary/aromatic N) is 2. The van der Waals surface area contributed by atoms with E-state index in [9.17, 15) is 4.79 Å². The van der Waals surface area contributed by atoms with Gasteiger partial charge < -0.3 is 14.0 Å². The first-order valence-corrected chi connectivity index (χ1v) is 8.98. The second-order valence-corrected chi connectivity index (χ2v) is 6.55. The van der Waals surface area contributed by atoms with Crippen molar-refractivity contribution < 1.29 is 14.3 Å². The van der Waals surface area contributed by atoms with Gasteiger partial charge in [0.2, 0.25) is 0 Å². The molecule has 6 heteroatoms. The minimum absolute atomic E-state index is 0.296. The third-order valence-corrected chi connectivity index (χ3v) is 4.90. The van der Waals surface area contributed by atoms with Crippen LogP contribution in [0.4, 0.5) is 0 Å². The predicted molar refractivity (Wildman–Crippen MR) is 108 cm³/mol. The van der Waals surface area contributed by atoms with Crippen LogP contribution in [0.25, 0.3) is 16.3 Å². The maximum absolute atomic E-state index is 12.3. The average Bonchev–Trinajstić information content (AvgIpc) is 3.02. The molecule has 2 aromatic carbocycles. The Balaban J connectivity index is 2.05. The van der Waals surface area contributed by atoms with Gasteiger partial charge in [0.25, 0.3) is 5.91 Å². The molecule has 0 atom stereocenters. The summed E-state index contributed by atoms with van der Waals surface area (Å²) < 4.78 is 13.4. The van der Waals surface area contributed by atoms with Crippen molar-refractivity contribution in [2.24, 2.45) is 4.99 Å². The molecule has 27 heavy (non-hydrogen) atoms. The van der Waals surface area contributed by atoms with E-state index in [1.807, 2.05) is 47.0 Å². The van der Waals surface area contributed by atoms with E-state index >= 15 is 0 Å². The molecule has 0 aliphatic carbocycles. The number of fused-ring (bicyclic) bond motifs is 1. The van der Waals surface area contributed by atoms with Gasteiger partial charge in [0, 0.05) is 18.2 Å². The highest BCUT2D eigenvalue weighted by Gasteiger charge is 2.12. The van der Waals surface area contributed by atoms with Crippen molar-refractivity contribution in [3.8, 4) is 23.8 Å². The smallest absolute Gasteiger partial charge is 0.272 e. The van der Waals surface area contributed by atoms with Gasteiger partial charge in [-0.3, -0.25) is 4.79 Å². The van der Waals surface area contributed by atoms with E-state index in [4.69, 9.17) is 15.9 Å². The number of amides is 1. The molecule has 3 aromatic rings. The van der Waals surface area contributed by atoms with Crippen LogP contribution in [0.1, 0.15) is 5.56 Å². The summed E-state index contributed by atoms with van der Waals surface area (Å²) in [6.45, 7) is 0.296. The standard InChI is InChI=1S/C21H18N2O3S/c1-4-12-23-16-13-17(25-2)18(26-3)14-19(16)27-21(23)22-20(24)11-10-15-8-6-5-7-9-15/h1,5-11,13-14H,12H2,2-3H3. The van der Waals surface area contributed by atoms with E-state index < -0.39 is 0 Å². The Morgan fingerprint density at radius 1 is 1.22 bits per heavy atom. The summed E-state index contributed by atoms with van der Waals surface area (Å²) in [4.78, 5) is 17.1. The van der Waals surface area contributed by atoms with Crippen molar-refractivity contribution in [3.05, 3.63) is 58.9 Å². The number of thiazole rings is 1. The quantitative estimate of drug-likeness (QED) is 0.504. The summed E-state index contributed by atoms with van der Waals surface area (Å²) in [5.74, 6) is 3.46. The zero-order valence-corrected chi connectivity index (χ0v) is 15.8. The van der Waals surface area contributed by atoms with Crippen LogP contribution in [0, 0.1) is 12.3 Å². The SMILES string of the molecule is C#CCn1c(=NC(=O)C=Cc2ccccc2)sc2cc(OC)c(OC)cc21. The monoisotopic (exact) mass is 378 g/mol. The molecule has 0 spiro atoms. The molecule has 1 heterocycles.